The van der Waals surface area contributed by atoms with Crippen LogP contribution in [0.3, 0.4) is 0 Å². The highest BCUT2D eigenvalue weighted by Gasteiger charge is 2.42. The zero-order valence-electron chi connectivity index (χ0n) is 31.2. The van der Waals surface area contributed by atoms with Gasteiger partial charge in [0, 0.05) is 75.5 Å². The van der Waals surface area contributed by atoms with Gasteiger partial charge in [-0.05, 0) is 87.7 Å². The van der Waals surface area contributed by atoms with Crippen LogP contribution in [0.2, 0.25) is 0 Å². The molecule has 4 rings (SSSR count). The Balaban J connectivity index is 1.58. The van der Waals surface area contributed by atoms with Gasteiger partial charge in [-0.25, -0.2) is 19.6 Å². The molecule has 2 aromatic heterocycles. The topological polar surface area (TPSA) is 174 Å². The summed E-state index contributed by atoms with van der Waals surface area (Å²) in [5.74, 6) is -7.23. The monoisotopic (exact) mass is 718 g/mol. The molecule has 0 saturated carbocycles. The third-order valence-corrected chi connectivity index (χ3v) is 8.00. The summed E-state index contributed by atoms with van der Waals surface area (Å²) in [4.78, 5) is 61.0. The Kier molecular flexibility index (Phi) is 12.0. The van der Waals surface area contributed by atoms with Crippen LogP contribution in [-0.2, 0) is 51.0 Å². The number of aromatic nitrogens is 2. The fourth-order valence-corrected chi connectivity index (χ4v) is 5.41. The number of carbonyl (C=O) groups is 4. The first-order valence-corrected chi connectivity index (χ1v) is 16.4. The maximum absolute atomic E-state index is 13.2. The van der Waals surface area contributed by atoms with Crippen molar-refractivity contribution in [3.05, 3.63) is 72.1 Å². The van der Waals surface area contributed by atoms with Crippen LogP contribution in [-0.4, -0.2) is 84.8 Å². The lowest BCUT2D eigenvalue weighted by Gasteiger charge is -2.33. The Morgan fingerprint density at radius 2 is 0.904 bits per heavy atom. The normalized spacial score (nSPS) is 12.4. The van der Waals surface area contributed by atoms with Crippen molar-refractivity contribution in [1.82, 2.24) is 20.6 Å². The van der Waals surface area contributed by atoms with Crippen molar-refractivity contribution in [3.63, 3.8) is 0 Å². The number of esters is 2. The highest BCUT2D eigenvalue weighted by atomic mass is 16.7. The van der Waals surface area contributed by atoms with Crippen LogP contribution in [0, 0.1) is 0 Å². The van der Waals surface area contributed by atoms with Gasteiger partial charge >= 0.3 is 11.9 Å². The molecule has 0 radical (unpaired) electrons. The molecule has 0 aliphatic carbocycles. The Morgan fingerprint density at radius 3 is 1.21 bits per heavy atom. The number of pyridine rings is 2. The summed E-state index contributed by atoms with van der Waals surface area (Å²) in [6, 6.07) is 13.8. The number of ether oxygens (including phenoxy) is 6. The van der Waals surface area contributed by atoms with Crippen LogP contribution in [0.1, 0.15) is 52.7 Å². The number of methoxy groups -OCH3 is 4. The number of hydrogen-bond acceptors (Lipinski definition) is 12. The lowest BCUT2D eigenvalue weighted by Crippen LogP contribution is -2.56. The summed E-state index contributed by atoms with van der Waals surface area (Å²) >= 11 is 0. The summed E-state index contributed by atoms with van der Waals surface area (Å²) in [7, 11) is 5.49. The van der Waals surface area contributed by atoms with Gasteiger partial charge in [-0.1, -0.05) is 24.3 Å². The van der Waals surface area contributed by atoms with Crippen LogP contribution >= 0.6 is 0 Å². The zero-order chi connectivity index (χ0) is 38.5. The summed E-state index contributed by atoms with van der Waals surface area (Å²) < 4.78 is 33.1. The summed E-state index contributed by atoms with van der Waals surface area (Å²) in [6.07, 6.45) is 2.87. The molecule has 2 amide bonds. The molecular formula is C38H46N4O10. The maximum Gasteiger partial charge on any atom is 0.424 e. The molecule has 4 aromatic rings. The fraction of sp³-hybridized carbons (Fsp3) is 0.421. The molecular weight excluding hydrogens is 672 g/mol. The Labute approximate surface area is 302 Å². The van der Waals surface area contributed by atoms with E-state index in [0.29, 0.717) is 32.7 Å². The molecule has 0 fully saturated rings. The van der Waals surface area contributed by atoms with Gasteiger partial charge in [0.15, 0.2) is 0 Å². The van der Waals surface area contributed by atoms with E-state index in [2.05, 4.69) is 20.6 Å². The standard InChI is InChI=1S/C38H46N4O10/c1-35(2,3)41-33(45)37(47-7,48-8)21-23-11-13-25-15-17-39-29(27(25)19-23)51-31(43)32(44)52-30-28-20-24(12-14-26(28)16-18-40-30)22-38(49-9,50-10)34(46)42-36(4,5)6/h11-20H,21-22H2,1-10H3,(H,41,45)(H,42,46). The maximum atomic E-state index is 13.2. The zero-order valence-corrected chi connectivity index (χ0v) is 31.2. The van der Waals surface area contributed by atoms with Gasteiger partial charge in [0.05, 0.1) is 0 Å². The van der Waals surface area contributed by atoms with Crippen LogP contribution in [0.15, 0.2) is 60.9 Å². The highest BCUT2D eigenvalue weighted by molar-refractivity contribution is 6.31. The first-order valence-electron chi connectivity index (χ1n) is 16.4. The van der Waals surface area contributed by atoms with E-state index < -0.39 is 46.4 Å². The minimum Gasteiger partial charge on any atom is -0.398 e. The molecule has 278 valence electrons. The van der Waals surface area contributed by atoms with E-state index in [0.717, 1.165) is 0 Å². The molecule has 52 heavy (non-hydrogen) atoms. The van der Waals surface area contributed by atoms with Crippen molar-refractivity contribution >= 4 is 45.3 Å². The second-order valence-corrected chi connectivity index (χ2v) is 14.2. The van der Waals surface area contributed by atoms with Gasteiger partial charge in [-0.15, -0.1) is 0 Å². The molecule has 0 spiro atoms. The van der Waals surface area contributed by atoms with Crippen molar-refractivity contribution in [3.8, 4) is 11.8 Å². The van der Waals surface area contributed by atoms with Crippen molar-refractivity contribution in [2.45, 2.75) is 77.0 Å². The summed E-state index contributed by atoms with van der Waals surface area (Å²) in [6.45, 7) is 11.0. The lowest BCUT2D eigenvalue weighted by atomic mass is 9.99. The number of benzene rings is 2. The van der Waals surface area contributed by atoms with Gasteiger partial charge in [0.25, 0.3) is 23.4 Å². The Morgan fingerprint density at radius 1 is 0.558 bits per heavy atom. The number of nitrogens with one attached hydrogen (secondary N) is 2. The largest absolute Gasteiger partial charge is 0.424 e. The van der Waals surface area contributed by atoms with Gasteiger partial charge < -0.3 is 39.1 Å². The molecule has 0 unspecified atom stereocenters. The molecule has 2 aromatic carbocycles. The molecule has 0 bridgehead atoms. The van der Waals surface area contributed by atoms with E-state index in [9.17, 15) is 19.2 Å². The van der Waals surface area contributed by atoms with Crippen LogP contribution in [0.5, 0.6) is 11.8 Å². The second-order valence-electron chi connectivity index (χ2n) is 14.2. The summed E-state index contributed by atoms with van der Waals surface area (Å²) in [5, 5.41) is 7.83. The number of carbonyl (C=O) groups excluding carboxylic acids is 4. The average molecular weight is 719 g/mol. The minimum atomic E-state index is -1.65. The van der Waals surface area contributed by atoms with Crippen molar-refractivity contribution in [1.29, 1.82) is 0 Å². The fourth-order valence-electron chi connectivity index (χ4n) is 5.41. The highest BCUT2D eigenvalue weighted by Crippen LogP contribution is 2.30. The predicted octanol–water partition coefficient (Wildman–Crippen LogP) is 4.19. The average Bonchev–Trinajstić information content (AvgIpc) is 3.08. The third kappa shape index (κ3) is 9.25. The SMILES string of the molecule is COC(Cc1ccc2ccnc(OC(=O)C(=O)Oc3nccc4ccc(CC(OC)(OC)C(=O)NC(C)(C)C)cc34)c2c1)(OC)C(=O)NC(C)(C)C. The number of hydrogen-bond donors (Lipinski definition) is 2. The van der Waals surface area contributed by atoms with Crippen molar-refractivity contribution in [2.24, 2.45) is 0 Å². The molecule has 2 N–H and O–H groups in total. The van der Waals surface area contributed by atoms with Gasteiger partial charge in [-0.2, -0.15) is 0 Å². The number of nitrogens with zero attached hydrogens (tertiary/aromatic N) is 2. The van der Waals surface area contributed by atoms with E-state index >= 15 is 0 Å². The molecule has 2 heterocycles. The number of rotatable bonds is 12. The molecule has 0 aliphatic rings. The number of fused-ring (bicyclic) bond motifs is 2. The van der Waals surface area contributed by atoms with E-state index in [1.807, 2.05) is 41.5 Å². The van der Waals surface area contributed by atoms with Gasteiger partial charge in [0.1, 0.15) is 0 Å². The minimum absolute atomic E-state index is 0.00799. The smallest absolute Gasteiger partial charge is 0.398 e. The van der Waals surface area contributed by atoms with E-state index in [4.69, 9.17) is 28.4 Å². The van der Waals surface area contributed by atoms with Crippen LogP contribution < -0.4 is 20.1 Å². The predicted molar refractivity (Wildman–Crippen MR) is 191 cm³/mol. The van der Waals surface area contributed by atoms with Gasteiger partial charge in [0.2, 0.25) is 11.8 Å². The molecule has 14 nitrogen and oxygen atoms in total. The Bertz CT molecular complexity index is 1820. The first-order chi connectivity index (χ1) is 24.4. The summed E-state index contributed by atoms with van der Waals surface area (Å²) in [5.41, 5.74) is 0.115. The third-order valence-electron chi connectivity index (χ3n) is 8.00. The lowest BCUT2D eigenvalue weighted by molar-refractivity contribution is -0.210. The van der Waals surface area contributed by atoms with Crippen LogP contribution in [0.4, 0.5) is 0 Å². The molecule has 0 atom stereocenters. The van der Waals surface area contributed by atoms with E-state index in [1.54, 1.807) is 48.5 Å². The van der Waals surface area contributed by atoms with E-state index in [1.165, 1.54) is 40.8 Å². The molecule has 0 aliphatic heterocycles. The van der Waals surface area contributed by atoms with E-state index in [-0.39, 0.29) is 24.6 Å². The van der Waals surface area contributed by atoms with Crippen molar-refractivity contribution < 1.29 is 47.6 Å². The second kappa shape index (κ2) is 15.7. The first kappa shape index (κ1) is 39.8. The van der Waals surface area contributed by atoms with Crippen molar-refractivity contribution in [2.75, 3.05) is 28.4 Å². The Hall–Kier alpha value is -5.02. The van der Waals surface area contributed by atoms with Gasteiger partial charge in [-0.3, -0.25) is 9.59 Å². The molecule has 14 heteroatoms. The number of amides is 2. The van der Waals surface area contributed by atoms with Crippen LogP contribution in [0.25, 0.3) is 21.5 Å². The molecule has 0 saturated heterocycles. The quantitative estimate of drug-likeness (QED) is 0.122.